The lowest BCUT2D eigenvalue weighted by Crippen LogP contribution is -1.96. The molecule has 0 aliphatic heterocycles. The van der Waals surface area contributed by atoms with Gasteiger partial charge in [-0.05, 0) is 24.3 Å². The van der Waals surface area contributed by atoms with Crippen molar-refractivity contribution >= 4 is 23.7 Å². The topological polar surface area (TPSA) is 34.1 Å². The first-order chi connectivity index (χ1) is 11.5. The van der Waals surface area contributed by atoms with Crippen LogP contribution in [0.3, 0.4) is 0 Å². The minimum atomic E-state index is -0.599. The van der Waals surface area contributed by atoms with Crippen molar-refractivity contribution in [2.45, 2.75) is 0 Å². The summed E-state index contributed by atoms with van der Waals surface area (Å²) >= 11 is 0. The van der Waals surface area contributed by atoms with Gasteiger partial charge in [-0.1, -0.05) is 49.6 Å². The summed E-state index contributed by atoms with van der Waals surface area (Å²) in [7, 11) is 0. The van der Waals surface area contributed by atoms with Gasteiger partial charge in [0.1, 0.15) is 11.6 Å². The minimum absolute atomic E-state index is 0.193. The summed E-state index contributed by atoms with van der Waals surface area (Å²) in [5.41, 5.74) is 0.804. The number of halogens is 2. The molecule has 0 saturated carbocycles. The average Bonchev–Trinajstić information content (AvgIpc) is 2.60. The van der Waals surface area contributed by atoms with Crippen LogP contribution in [-0.2, 0) is 0 Å². The van der Waals surface area contributed by atoms with E-state index in [-0.39, 0.29) is 33.8 Å². The van der Waals surface area contributed by atoms with E-state index in [4.69, 9.17) is 0 Å². The largest absolute Gasteiger partial charge is 0.289 e. The third kappa shape index (κ3) is 3.79. The summed E-state index contributed by atoms with van der Waals surface area (Å²) in [5.74, 6) is -1.95. The second-order valence-electron chi connectivity index (χ2n) is 4.94. The zero-order chi connectivity index (χ0) is 17.7. The molecule has 0 aliphatic carbocycles. The van der Waals surface area contributed by atoms with E-state index in [1.54, 1.807) is 0 Å². The number of benzene rings is 2. The molecule has 2 nitrogen and oxygen atoms in total. The Bertz CT molecular complexity index is 792. The van der Waals surface area contributed by atoms with Gasteiger partial charge in [0.05, 0.1) is 0 Å². The van der Waals surface area contributed by atoms with E-state index in [0.717, 1.165) is 24.3 Å². The Morgan fingerprint density at radius 1 is 0.750 bits per heavy atom. The Hall–Kier alpha value is -3.14. The first-order valence-electron chi connectivity index (χ1n) is 7.07. The standard InChI is InChI=1S/C20H14F2O2/c1-3-19(23)15-9-7-13(17(21)11-15)5-6-14-8-10-16(12-18(14)22)20(24)4-2/h3-12H,1-2H2/b6-5+. The third-order valence-electron chi connectivity index (χ3n) is 3.38. The average molecular weight is 324 g/mol. The van der Waals surface area contributed by atoms with Crippen LogP contribution < -0.4 is 0 Å². The summed E-state index contributed by atoms with van der Waals surface area (Å²) in [6, 6.07) is 7.99. The fourth-order valence-corrected chi connectivity index (χ4v) is 2.05. The molecule has 0 amide bonds. The Labute approximate surface area is 138 Å². The molecule has 120 valence electrons. The van der Waals surface area contributed by atoms with Crippen LogP contribution >= 0.6 is 0 Å². The monoisotopic (exact) mass is 324 g/mol. The van der Waals surface area contributed by atoms with Crippen LogP contribution in [0.4, 0.5) is 8.78 Å². The van der Waals surface area contributed by atoms with Gasteiger partial charge in [0, 0.05) is 22.3 Å². The molecule has 0 aliphatic rings. The molecule has 0 aromatic heterocycles. The molecule has 0 unspecified atom stereocenters. The zero-order valence-electron chi connectivity index (χ0n) is 12.8. The number of hydrogen-bond donors (Lipinski definition) is 0. The van der Waals surface area contributed by atoms with Crippen LogP contribution in [0.5, 0.6) is 0 Å². The minimum Gasteiger partial charge on any atom is -0.289 e. The third-order valence-corrected chi connectivity index (χ3v) is 3.38. The summed E-state index contributed by atoms with van der Waals surface area (Å²) < 4.78 is 28.0. The maximum absolute atomic E-state index is 14.0. The fourth-order valence-electron chi connectivity index (χ4n) is 2.05. The second kappa shape index (κ2) is 7.42. The van der Waals surface area contributed by atoms with Crippen LogP contribution in [-0.4, -0.2) is 11.6 Å². The van der Waals surface area contributed by atoms with Gasteiger partial charge in [-0.2, -0.15) is 0 Å². The molecule has 0 atom stereocenters. The van der Waals surface area contributed by atoms with Gasteiger partial charge in [-0.3, -0.25) is 9.59 Å². The van der Waals surface area contributed by atoms with Crippen LogP contribution in [0.2, 0.25) is 0 Å². The number of carbonyl (C=O) groups is 2. The van der Waals surface area contributed by atoms with Gasteiger partial charge in [0.25, 0.3) is 0 Å². The van der Waals surface area contributed by atoms with Crippen molar-refractivity contribution in [3.05, 3.63) is 95.6 Å². The quantitative estimate of drug-likeness (QED) is 0.431. The van der Waals surface area contributed by atoms with Crippen molar-refractivity contribution in [1.82, 2.24) is 0 Å². The Kier molecular flexibility index (Phi) is 5.32. The predicted molar refractivity (Wildman–Crippen MR) is 90.8 cm³/mol. The molecule has 0 spiro atoms. The van der Waals surface area contributed by atoms with E-state index in [1.807, 2.05) is 0 Å². The molecule has 0 radical (unpaired) electrons. The smallest absolute Gasteiger partial charge is 0.185 e. The summed E-state index contributed by atoms with van der Waals surface area (Å²) in [6.45, 7) is 6.69. The van der Waals surface area contributed by atoms with E-state index in [0.29, 0.717) is 0 Å². The molecule has 0 saturated heterocycles. The van der Waals surface area contributed by atoms with Gasteiger partial charge < -0.3 is 0 Å². The number of ketones is 2. The highest BCUT2D eigenvalue weighted by Crippen LogP contribution is 2.17. The normalized spacial score (nSPS) is 10.6. The van der Waals surface area contributed by atoms with E-state index < -0.39 is 11.6 Å². The van der Waals surface area contributed by atoms with Gasteiger partial charge in [0.15, 0.2) is 11.6 Å². The lowest BCUT2D eigenvalue weighted by atomic mass is 10.0. The van der Waals surface area contributed by atoms with Crippen molar-refractivity contribution in [1.29, 1.82) is 0 Å². The van der Waals surface area contributed by atoms with Gasteiger partial charge in [0.2, 0.25) is 0 Å². The van der Waals surface area contributed by atoms with Crippen LogP contribution in [0.15, 0.2) is 61.7 Å². The van der Waals surface area contributed by atoms with Gasteiger partial charge in [-0.25, -0.2) is 8.78 Å². The second-order valence-corrected chi connectivity index (χ2v) is 4.94. The van der Waals surface area contributed by atoms with E-state index >= 15 is 0 Å². The summed E-state index contributed by atoms with van der Waals surface area (Å²) in [5, 5.41) is 0. The molecule has 0 N–H and O–H groups in total. The Morgan fingerprint density at radius 3 is 1.42 bits per heavy atom. The van der Waals surface area contributed by atoms with Crippen molar-refractivity contribution in [2.75, 3.05) is 0 Å². The molecule has 2 rings (SSSR count). The van der Waals surface area contributed by atoms with Crippen LogP contribution in [0.25, 0.3) is 12.2 Å². The van der Waals surface area contributed by atoms with E-state index in [2.05, 4.69) is 13.2 Å². The van der Waals surface area contributed by atoms with Crippen LogP contribution in [0.1, 0.15) is 31.8 Å². The molecule has 2 aromatic carbocycles. The maximum Gasteiger partial charge on any atom is 0.185 e. The zero-order valence-corrected chi connectivity index (χ0v) is 12.8. The van der Waals surface area contributed by atoms with Crippen molar-refractivity contribution in [3.63, 3.8) is 0 Å². The molecule has 24 heavy (non-hydrogen) atoms. The molecule has 2 aromatic rings. The highest BCUT2D eigenvalue weighted by molar-refractivity contribution is 6.04. The van der Waals surface area contributed by atoms with Crippen molar-refractivity contribution in [2.24, 2.45) is 0 Å². The maximum atomic E-state index is 14.0. The molecular weight excluding hydrogens is 310 g/mol. The molecule has 4 heteroatoms. The Balaban J connectivity index is 2.28. The lowest BCUT2D eigenvalue weighted by molar-refractivity contribution is 0.103. The summed E-state index contributed by atoms with van der Waals surface area (Å²) in [6.07, 6.45) is 4.99. The highest BCUT2D eigenvalue weighted by Gasteiger charge is 2.07. The predicted octanol–water partition coefficient (Wildman–Crippen LogP) is 4.87. The van der Waals surface area contributed by atoms with E-state index in [9.17, 15) is 18.4 Å². The SMILES string of the molecule is C=CC(=O)c1ccc(/C=C/c2ccc(C(=O)C=C)cc2F)c(F)c1. The first kappa shape index (κ1) is 17.2. The fraction of sp³-hybridized carbons (Fsp3) is 0. The Morgan fingerprint density at radius 2 is 1.12 bits per heavy atom. The van der Waals surface area contributed by atoms with Gasteiger partial charge in [-0.15, -0.1) is 0 Å². The number of allylic oxidation sites excluding steroid dienone is 2. The van der Waals surface area contributed by atoms with Crippen molar-refractivity contribution in [3.8, 4) is 0 Å². The molecule has 0 bridgehead atoms. The van der Waals surface area contributed by atoms with Crippen molar-refractivity contribution < 1.29 is 18.4 Å². The lowest BCUT2D eigenvalue weighted by Gasteiger charge is -2.02. The van der Waals surface area contributed by atoms with Gasteiger partial charge >= 0.3 is 0 Å². The molecule has 0 fully saturated rings. The number of hydrogen-bond acceptors (Lipinski definition) is 2. The van der Waals surface area contributed by atoms with E-state index in [1.165, 1.54) is 36.4 Å². The summed E-state index contributed by atoms with van der Waals surface area (Å²) in [4.78, 5) is 22.9. The van der Waals surface area contributed by atoms with Crippen LogP contribution in [0, 0.1) is 11.6 Å². The molecule has 0 heterocycles. The molecular formula is C20H14F2O2. The number of carbonyl (C=O) groups excluding carboxylic acids is 2. The first-order valence-corrected chi connectivity index (χ1v) is 7.07. The number of rotatable bonds is 6. The highest BCUT2D eigenvalue weighted by atomic mass is 19.1.